The van der Waals surface area contributed by atoms with Crippen LogP contribution in [0.25, 0.3) is 0 Å². The van der Waals surface area contributed by atoms with E-state index in [0.717, 1.165) is 0 Å². The highest BCUT2D eigenvalue weighted by atomic mass is 28.3. The third kappa shape index (κ3) is 3.52. The lowest BCUT2D eigenvalue weighted by Crippen LogP contribution is -2.16. The zero-order chi connectivity index (χ0) is 12.2. The van der Waals surface area contributed by atoms with Crippen molar-refractivity contribution in [1.29, 1.82) is 0 Å². The summed E-state index contributed by atoms with van der Waals surface area (Å²) >= 11 is 0. The third-order valence-electron chi connectivity index (χ3n) is 1.77. The molecule has 0 aliphatic heterocycles. The van der Waals surface area contributed by atoms with Crippen molar-refractivity contribution in [2.75, 3.05) is 7.11 Å². The molecule has 1 aromatic heterocycles. The van der Waals surface area contributed by atoms with Crippen LogP contribution in [-0.2, 0) is 4.74 Å². The van der Waals surface area contributed by atoms with E-state index in [2.05, 4.69) is 40.8 Å². The summed E-state index contributed by atoms with van der Waals surface area (Å²) in [5.74, 6) is 2.57. The van der Waals surface area contributed by atoms with Crippen molar-refractivity contribution in [3.63, 3.8) is 0 Å². The summed E-state index contributed by atoms with van der Waals surface area (Å²) in [6.45, 7) is 6.42. The number of carbonyl (C=O) groups excluding carboxylic acids is 1. The molecule has 0 amide bonds. The van der Waals surface area contributed by atoms with Crippen molar-refractivity contribution in [2.24, 2.45) is 0 Å². The smallest absolute Gasteiger partial charge is 0.340 e. The number of nitrogens with zero attached hydrogens (tertiary/aromatic N) is 1. The Labute approximate surface area is 96.9 Å². The molecule has 1 heterocycles. The van der Waals surface area contributed by atoms with Gasteiger partial charge in [-0.05, 0) is 12.1 Å². The number of hydrogen-bond donors (Lipinski definition) is 0. The Bertz CT molecular complexity index is 452. The molecule has 0 atom stereocenters. The normalized spacial score (nSPS) is 10.2. The van der Waals surface area contributed by atoms with Crippen molar-refractivity contribution < 1.29 is 9.53 Å². The molecule has 0 fully saturated rings. The largest absolute Gasteiger partial charge is 0.465 e. The molecule has 0 bridgehead atoms. The molecule has 0 radical (unpaired) electrons. The molecule has 0 unspecified atom stereocenters. The van der Waals surface area contributed by atoms with E-state index in [0.29, 0.717) is 11.3 Å². The van der Waals surface area contributed by atoms with Gasteiger partial charge in [-0.1, -0.05) is 25.6 Å². The fraction of sp³-hybridized carbons (Fsp3) is 0.333. The minimum atomic E-state index is -1.46. The first-order valence-corrected chi connectivity index (χ1v) is 8.50. The van der Waals surface area contributed by atoms with Crippen molar-refractivity contribution in [1.82, 2.24) is 4.98 Å². The van der Waals surface area contributed by atoms with Gasteiger partial charge in [-0.25, -0.2) is 9.78 Å². The summed E-state index contributed by atoms with van der Waals surface area (Å²) in [6.07, 6.45) is 1.63. The second-order valence-corrected chi connectivity index (χ2v) is 9.14. The van der Waals surface area contributed by atoms with Gasteiger partial charge in [-0.2, -0.15) is 0 Å². The summed E-state index contributed by atoms with van der Waals surface area (Å²) < 4.78 is 4.67. The lowest BCUT2D eigenvalue weighted by Gasteiger charge is -2.04. The van der Waals surface area contributed by atoms with Crippen LogP contribution in [-0.4, -0.2) is 26.1 Å². The summed E-state index contributed by atoms with van der Waals surface area (Å²) in [5.41, 5.74) is 4.10. The fourth-order valence-corrected chi connectivity index (χ4v) is 1.52. The molecular formula is C12H15NO2Si. The van der Waals surface area contributed by atoms with Crippen molar-refractivity contribution >= 4 is 14.0 Å². The summed E-state index contributed by atoms with van der Waals surface area (Å²) in [5, 5.41) is 0. The Hall–Kier alpha value is -1.60. The molecule has 0 spiro atoms. The van der Waals surface area contributed by atoms with Crippen LogP contribution in [0.4, 0.5) is 0 Å². The highest BCUT2D eigenvalue weighted by molar-refractivity contribution is 6.83. The average Bonchev–Trinajstić information content (AvgIpc) is 2.25. The molecule has 0 N–H and O–H groups in total. The number of methoxy groups -OCH3 is 1. The monoisotopic (exact) mass is 233 g/mol. The van der Waals surface area contributed by atoms with Crippen LogP contribution < -0.4 is 0 Å². The maximum atomic E-state index is 11.4. The molecule has 1 rings (SSSR count). The third-order valence-corrected chi connectivity index (χ3v) is 2.64. The summed E-state index contributed by atoms with van der Waals surface area (Å²) in [7, 11) is -0.109. The van der Waals surface area contributed by atoms with Crippen LogP contribution in [0.15, 0.2) is 18.3 Å². The molecular weight excluding hydrogens is 218 g/mol. The zero-order valence-corrected chi connectivity index (χ0v) is 11.0. The number of aromatic nitrogens is 1. The molecule has 0 aromatic carbocycles. The van der Waals surface area contributed by atoms with Crippen LogP contribution in [0.2, 0.25) is 19.6 Å². The lowest BCUT2D eigenvalue weighted by molar-refractivity contribution is 0.0600. The van der Waals surface area contributed by atoms with Crippen LogP contribution in [0.1, 0.15) is 16.1 Å². The minimum absolute atomic E-state index is 0.395. The van der Waals surface area contributed by atoms with E-state index < -0.39 is 14.0 Å². The topological polar surface area (TPSA) is 39.2 Å². The van der Waals surface area contributed by atoms with Crippen LogP contribution in [0.5, 0.6) is 0 Å². The van der Waals surface area contributed by atoms with Crippen molar-refractivity contribution in [3.8, 4) is 11.5 Å². The number of rotatable bonds is 1. The maximum Gasteiger partial charge on any atom is 0.340 e. The quantitative estimate of drug-likeness (QED) is 0.423. The molecule has 3 nitrogen and oxygen atoms in total. The van der Waals surface area contributed by atoms with E-state index in [9.17, 15) is 4.79 Å². The Balaban J connectivity index is 3.13. The summed E-state index contributed by atoms with van der Waals surface area (Å²) in [6, 6.07) is 3.37. The van der Waals surface area contributed by atoms with Gasteiger partial charge >= 0.3 is 5.97 Å². The Kier molecular flexibility index (Phi) is 3.86. The SMILES string of the molecule is COC(=O)c1cccnc1C#C[Si](C)(C)C. The highest BCUT2D eigenvalue weighted by Crippen LogP contribution is 2.06. The van der Waals surface area contributed by atoms with E-state index in [1.165, 1.54) is 7.11 Å². The molecule has 4 heteroatoms. The Morgan fingerprint density at radius 2 is 2.12 bits per heavy atom. The number of carbonyl (C=O) groups is 1. The van der Waals surface area contributed by atoms with Gasteiger partial charge in [0.15, 0.2) is 0 Å². The van der Waals surface area contributed by atoms with Crippen molar-refractivity contribution in [3.05, 3.63) is 29.6 Å². The van der Waals surface area contributed by atoms with Gasteiger partial charge in [0.05, 0.1) is 12.7 Å². The molecule has 0 saturated heterocycles. The Morgan fingerprint density at radius 3 is 2.69 bits per heavy atom. The predicted molar refractivity (Wildman–Crippen MR) is 65.8 cm³/mol. The van der Waals surface area contributed by atoms with Gasteiger partial charge in [0.2, 0.25) is 0 Å². The van der Waals surface area contributed by atoms with Crippen LogP contribution in [0, 0.1) is 11.5 Å². The first-order valence-electron chi connectivity index (χ1n) is 5.00. The van der Waals surface area contributed by atoms with Gasteiger partial charge in [0, 0.05) is 6.20 Å². The molecule has 0 saturated carbocycles. The predicted octanol–water partition coefficient (Wildman–Crippen LogP) is 2.10. The lowest BCUT2D eigenvalue weighted by atomic mass is 10.2. The van der Waals surface area contributed by atoms with Gasteiger partial charge in [-0.15, -0.1) is 5.54 Å². The standard InChI is InChI=1S/C12H15NO2Si/c1-15-12(14)10-6-5-8-13-11(10)7-9-16(2,3)4/h5-6,8H,1-4H3. The highest BCUT2D eigenvalue weighted by Gasteiger charge is 2.12. The van der Waals surface area contributed by atoms with Crippen LogP contribution >= 0.6 is 0 Å². The second kappa shape index (κ2) is 4.95. The Morgan fingerprint density at radius 1 is 1.44 bits per heavy atom. The number of hydrogen-bond acceptors (Lipinski definition) is 3. The first kappa shape index (κ1) is 12.5. The van der Waals surface area contributed by atoms with Crippen molar-refractivity contribution in [2.45, 2.75) is 19.6 Å². The van der Waals surface area contributed by atoms with Gasteiger partial charge in [0.1, 0.15) is 13.8 Å². The molecule has 84 valence electrons. The first-order chi connectivity index (χ1) is 7.44. The van der Waals surface area contributed by atoms with E-state index in [1.54, 1.807) is 18.3 Å². The maximum absolute atomic E-state index is 11.4. The van der Waals surface area contributed by atoms with Gasteiger partial charge in [-0.3, -0.25) is 0 Å². The van der Waals surface area contributed by atoms with E-state index in [-0.39, 0.29) is 0 Å². The average molecular weight is 233 g/mol. The van der Waals surface area contributed by atoms with E-state index in [1.807, 2.05) is 0 Å². The molecule has 16 heavy (non-hydrogen) atoms. The zero-order valence-electron chi connectivity index (χ0n) is 10.00. The number of pyridine rings is 1. The number of ether oxygens (including phenoxy) is 1. The molecule has 0 aliphatic rings. The molecule has 0 aliphatic carbocycles. The number of esters is 1. The fourth-order valence-electron chi connectivity index (χ4n) is 1.03. The minimum Gasteiger partial charge on any atom is -0.465 e. The van der Waals surface area contributed by atoms with E-state index >= 15 is 0 Å². The molecule has 1 aromatic rings. The van der Waals surface area contributed by atoms with Crippen LogP contribution in [0.3, 0.4) is 0 Å². The van der Waals surface area contributed by atoms with Gasteiger partial charge in [0.25, 0.3) is 0 Å². The van der Waals surface area contributed by atoms with E-state index in [4.69, 9.17) is 0 Å². The summed E-state index contributed by atoms with van der Waals surface area (Å²) in [4.78, 5) is 15.5. The van der Waals surface area contributed by atoms with Gasteiger partial charge < -0.3 is 4.74 Å². The second-order valence-electron chi connectivity index (χ2n) is 4.39.